The Morgan fingerprint density at radius 2 is 2.15 bits per heavy atom. The quantitative estimate of drug-likeness (QED) is 0.851. The van der Waals surface area contributed by atoms with E-state index in [0.29, 0.717) is 23.6 Å². The Hall–Kier alpha value is -2.97. The number of carbonyl (C=O) groups is 1. The van der Waals surface area contributed by atoms with Gasteiger partial charge in [-0.05, 0) is 23.3 Å². The molecule has 9 heteroatoms. The molecule has 0 atom stereocenters. The van der Waals surface area contributed by atoms with Crippen LogP contribution in [0.5, 0.6) is 11.6 Å². The van der Waals surface area contributed by atoms with Gasteiger partial charge in [0.1, 0.15) is 5.75 Å². The largest absolute Gasteiger partial charge is 0.491 e. The molecule has 0 spiro atoms. The highest BCUT2D eigenvalue weighted by molar-refractivity contribution is 5.91. The lowest BCUT2D eigenvalue weighted by Gasteiger charge is -2.12. The van der Waals surface area contributed by atoms with Crippen LogP contribution in [-0.4, -0.2) is 30.4 Å². The summed E-state index contributed by atoms with van der Waals surface area (Å²) in [6, 6.07) is 7.96. The molecule has 2 amide bonds. The number of aromatic nitrogens is 1. The minimum atomic E-state index is -4.44. The van der Waals surface area contributed by atoms with Gasteiger partial charge in [0, 0.05) is 25.2 Å². The lowest BCUT2D eigenvalue weighted by atomic mass is 10.1. The highest BCUT2D eigenvalue weighted by atomic mass is 19.4. The number of alkyl halides is 3. The number of ether oxygens (including phenoxy) is 2. The predicted molar refractivity (Wildman–Crippen MR) is 87.3 cm³/mol. The number of para-hydroxylation sites is 1. The van der Waals surface area contributed by atoms with Crippen LogP contribution in [0.2, 0.25) is 0 Å². The number of benzene rings is 1. The van der Waals surface area contributed by atoms with Crippen molar-refractivity contribution >= 4 is 11.7 Å². The molecule has 0 saturated heterocycles. The first kappa shape index (κ1) is 17.8. The number of rotatable bonds is 5. The first-order chi connectivity index (χ1) is 12.4. The zero-order valence-electron chi connectivity index (χ0n) is 13.6. The molecule has 0 saturated carbocycles. The van der Waals surface area contributed by atoms with E-state index in [2.05, 4.69) is 20.4 Å². The van der Waals surface area contributed by atoms with Crippen LogP contribution in [0.15, 0.2) is 36.5 Å². The summed E-state index contributed by atoms with van der Waals surface area (Å²) in [5, 5.41) is 5.33. The Kier molecular flexibility index (Phi) is 5.15. The fraction of sp³-hybridized carbons (Fsp3) is 0.294. The van der Waals surface area contributed by atoms with Crippen molar-refractivity contribution in [3.05, 3.63) is 47.7 Å². The first-order valence-corrected chi connectivity index (χ1v) is 7.85. The number of halogens is 3. The van der Waals surface area contributed by atoms with Crippen LogP contribution in [-0.2, 0) is 13.0 Å². The lowest BCUT2D eigenvalue weighted by molar-refractivity contribution is -0.154. The highest BCUT2D eigenvalue weighted by Gasteiger charge is 2.28. The normalized spacial score (nSPS) is 12.9. The summed E-state index contributed by atoms with van der Waals surface area (Å²) in [6.07, 6.45) is -2.32. The van der Waals surface area contributed by atoms with Crippen molar-refractivity contribution in [2.75, 3.05) is 18.5 Å². The van der Waals surface area contributed by atoms with Gasteiger partial charge < -0.3 is 20.1 Å². The summed E-state index contributed by atoms with van der Waals surface area (Å²) >= 11 is 0. The molecule has 2 heterocycles. The van der Waals surface area contributed by atoms with Crippen LogP contribution in [0.1, 0.15) is 11.1 Å². The number of nitrogens with one attached hydrogen (secondary N) is 2. The van der Waals surface area contributed by atoms with Crippen LogP contribution < -0.4 is 20.1 Å². The number of hydrogen-bond donors (Lipinski definition) is 2. The summed E-state index contributed by atoms with van der Waals surface area (Å²) in [5.41, 5.74) is 2.16. The van der Waals surface area contributed by atoms with Gasteiger partial charge in [-0.2, -0.15) is 13.2 Å². The van der Waals surface area contributed by atoms with Crippen molar-refractivity contribution in [3.63, 3.8) is 0 Å². The van der Waals surface area contributed by atoms with Crippen molar-refractivity contribution in [2.45, 2.75) is 19.1 Å². The molecule has 2 N–H and O–H groups in total. The molecule has 26 heavy (non-hydrogen) atoms. The Balaban J connectivity index is 1.54. The molecule has 0 radical (unpaired) electrons. The molecular formula is C17H16F3N3O3. The van der Waals surface area contributed by atoms with Crippen molar-refractivity contribution in [1.82, 2.24) is 10.3 Å². The van der Waals surface area contributed by atoms with E-state index in [-0.39, 0.29) is 12.4 Å². The third-order valence-electron chi connectivity index (χ3n) is 3.60. The van der Waals surface area contributed by atoms with E-state index in [4.69, 9.17) is 4.74 Å². The van der Waals surface area contributed by atoms with Gasteiger partial charge in [0.25, 0.3) is 0 Å². The summed E-state index contributed by atoms with van der Waals surface area (Å²) < 4.78 is 46.6. The number of carbonyl (C=O) groups excluding carboxylic acids is 1. The molecule has 3 rings (SSSR count). The van der Waals surface area contributed by atoms with Gasteiger partial charge in [0.2, 0.25) is 5.88 Å². The molecule has 1 aromatic heterocycles. The van der Waals surface area contributed by atoms with Gasteiger partial charge in [0.15, 0.2) is 6.61 Å². The van der Waals surface area contributed by atoms with E-state index < -0.39 is 18.8 Å². The summed E-state index contributed by atoms with van der Waals surface area (Å²) in [5.74, 6) is 0.505. The van der Waals surface area contributed by atoms with Gasteiger partial charge in [-0.15, -0.1) is 0 Å². The Labute approximate surface area is 147 Å². The maximum atomic E-state index is 12.2. The van der Waals surface area contributed by atoms with Gasteiger partial charge in [0.05, 0.1) is 12.3 Å². The average Bonchev–Trinajstić information content (AvgIpc) is 3.08. The third kappa shape index (κ3) is 4.78. The number of hydrogen-bond acceptors (Lipinski definition) is 4. The molecule has 0 unspecified atom stereocenters. The molecule has 0 aliphatic carbocycles. The van der Waals surface area contributed by atoms with Gasteiger partial charge in [-0.1, -0.05) is 12.1 Å². The SMILES string of the molecule is O=C(NCc1ccnc(OCC(F)(F)F)c1)Nc1cccc2c1OCC2. The molecule has 0 bridgehead atoms. The fourth-order valence-corrected chi connectivity index (χ4v) is 2.46. The fourth-order valence-electron chi connectivity index (χ4n) is 2.46. The van der Waals surface area contributed by atoms with Crippen molar-refractivity contribution < 1.29 is 27.4 Å². The number of amides is 2. The molecule has 2 aromatic rings. The Bertz CT molecular complexity index is 796. The van der Waals surface area contributed by atoms with Crippen LogP contribution >= 0.6 is 0 Å². The first-order valence-electron chi connectivity index (χ1n) is 7.85. The predicted octanol–water partition coefficient (Wildman–Crippen LogP) is 3.28. The second kappa shape index (κ2) is 7.51. The summed E-state index contributed by atoms with van der Waals surface area (Å²) in [6.45, 7) is -0.740. The van der Waals surface area contributed by atoms with Crippen LogP contribution in [0, 0.1) is 0 Å². The zero-order valence-corrected chi connectivity index (χ0v) is 13.6. The van der Waals surface area contributed by atoms with E-state index >= 15 is 0 Å². The minimum Gasteiger partial charge on any atom is -0.491 e. The smallest absolute Gasteiger partial charge is 0.422 e. The van der Waals surface area contributed by atoms with Gasteiger partial charge in [-0.3, -0.25) is 0 Å². The molecule has 0 fully saturated rings. The number of anilines is 1. The van der Waals surface area contributed by atoms with Crippen LogP contribution in [0.4, 0.5) is 23.7 Å². The molecule has 1 aliphatic heterocycles. The van der Waals surface area contributed by atoms with E-state index in [9.17, 15) is 18.0 Å². The van der Waals surface area contributed by atoms with Crippen molar-refractivity contribution in [1.29, 1.82) is 0 Å². The topological polar surface area (TPSA) is 72.5 Å². The summed E-state index contributed by atoms with van der Waals surface area (Å²) in [4.78, 5) is 15.8. The minimum absolute atomic E-state index is 0.104. The van der Waals surface area contributed by atoms with E-state index in [1.165, 1.54) is 12.3 Å². The van der Waals surface area contributed by atoms with Gasteiger partial charge in [-0.25, -0.2) is 9.78 Å². The molecule has 1 aromatic carbocycles. The Morgan fingerprint density at radius 1 is 1.31 bits per heavy atom. The second-order valence-corrected chi connectivity index (χ2v) is 5.61. The lowest BCUT2D eigenvalue weighted by Crippen LogP contribution is -2.28. The molecule has 1 aliphatic rings. The van der Waals surface area contributed by atoms with Crippen molar-refractivity contribution in [3.8, 4) is 11.6 Å². The maximum Gasteiger partial charge on any atom is 0.422 e. The second-order valence-electron chi connectivity index (χ2n) is 5.61. The molecule has 6 nitrogen and oxygen atoms in total. The standard InChI is InChI=1S/C17H16F3N3O3/c18-17(19,20)10-26-14-8-11(4-6-21-14)9-22-16(24)23-13-3-1-2-12-5-7-25-15(12)13/h1-4,6,8H,5,7,9-10H2,(H2,22,23,24). The molecular weight excluding hydrogens is 351 g/mol. The van der Waals surface area contributed by atoms with Crippen LogP contribution in [0.3, 0.4) is 0 Å². The maximum absolute atomic E-state index is 12.2. The van der Waals surface area contributed by atoms with Gasteiger partial charge >= 0.3 is 12.2 Å². The average molecular weight is 367 g/mol. The van der Waals surface area contributed by atoms with E-state index in [0.717, 1.165) is 12.0 Å². The van der Waals surface area contributed by atoms with E-state index in [1.54, 1.807) is 12.1 Å². The monoisotopic (exact) mass is 367 g/mol. The number of urea groups is 1. The number of fused-ring (bicyclic) bond motifs is 1. The van der Waals surface area contributed by atoms with Crippen molar-refractivity contribution in [2.24, 2.45) is 0 Å². The third-order valence-corrected chi connectivity index (χ3v) is 3.60. The van der Waals surface area contributed by atoms with E-state index in [1.807, 2.05) is 12.1 Å². The highest BCUT2D eigenvalue weighted by Crippen LogP contribution is 2.33. The summed E-state index contributed by atoms with van der Waals surface area (Å²) in [7, 11) is 0. The van der Waals surface area contributed by atoms with Crippen LogP contribution in [0.25, 0.3) is 0 Å². The molecule has 138 valence electrons. The Morgan fingerprint density at radius 3 is 2.96 bits per heavy atom. The zero-order chi connectivity index (χ0) is 18.6. The number of nitrogens with zero attached hydrogens (tertiary/aromatic N) is 1. The number of pyridine rings is 1.